The van der Waals surface area contributed by atoms with E-state index in [1.165, 1.54) is 25.2 Å². The van der Waals surface area contributed by atoms with Gasteiger partial charge in [0.15, 0.2) is 0 Å². The summed E-state index contributed by atoms with van der Waals surface area (Å²) in [6.07, 6.45) is 1.32. The zero-order valence-corrected chi connectivity index (χ0v) is 20.8. The fraction of sp³-hybridized carbons (Fsp3) is 0.370. The Hall–Kier alpha value is -3.75. The smallest absolute Gasteiger partial charge is 0.268 e. The molecule has 2 aromatic carbocycles. The highest BCUT2D eigenvalue weighted by molar-refractivity contribution is 5.97. The Morgan fingerprint density at radius 1 is 0.973 bits per heavy atom. The van der Waals surface area contributed by atoms with Gasteiger partial charge in [-0.2, -0.15) is 0 Å². The molecule has 3 rings (SSSR count). The average molecular weight is 508 g/mol. The largest absolute Gasteiger partial charge is 0.391 e. The molecule has 3 amide bonds. The number of amides is 3. The van der Waals surface area contributed by atoms with Gasteiger partial charge in [-0.3, -0.25) is 19.6 Å². The molecule has 196 valence electrons. The van der Waals surface area contributed by atoms with Crippen molar-refractivity contribution in [1.29, 1.82) is 0 Å². The second-order valence-electron chi connectivity index (χ2n) is 8.85. The number of benzene rings is 2. The molecule has 1 heterocycles. The lowest BCUT2D eigenvalue weighted by Gasteiger charge is -2.19. The molecule has 2 aromatic rings. The molecule has 0 radical (unpaired) electrons. The number of nitrogens with one attached hydrogen (secondary N) is 4. The van der Waals surface area contributed by atoms with E-state index in [2.05, 4.69) is 32.7 Å². The Bertz CT molecular complexity index is 1120. The van der Waals surface area contributed by atoms with E-state index in [9.17, 15) is 19.5 Å². The maximum Gasteiger partial charge on any atom is 0.268 e. The van der Waals surface area contributed by atoms with Gasteiger partial charge in [0.2, 0.25) is 5.91 Å². The van der Waals surface area contributed by atoms with Crippen molar-refractivity contribution in [2.45, 2.75) is 31.9 Å². The van der Waals surface area contributed by atoms with Crippen LogP contribution < -0.4 is 21.4 Å². The number of aliphatic hydroxyl groups excluding tert-OH is 1. The highest BCUT2D eigenvalue weighted by Gasteiger charge is 2.25. The minimum absolute atomic E-state index is 0.0962. The third-order valence-corrected chi connectivity index (χ3v) is 5.92. The monoisotopic (exact) mass is 507 g/mol. The average Bonchev–Trinajstić information content (AvgIpc) is 3.42. The Kier molecular flexibility index (Phi) is 10.6. The van der Waals surface area contributed by atoms with Crippen LogP contribution >= 0.6 is 0 Å². The van der Waals surface area contributed by atoms with E-state index < -0.39 is 24.0 Å². The first kappa shape index (κ1) is 27.8. The van der Waals surface area contributed by atoms with E-state index in [0.29, 0.717) is 11.3 Å². The first-order valence-corrected chi connectivity index (χ1v) is 12.2. The van der Waals surface area contributed by atoms with Crippen LogP contribution in [0.4, 0.5) is 5.69 Å². The molecule has 0 aromatic heterocycles. The number of nitrogens with zero attached hydrogens (tertiary/aromatic N) is 1. The van der Waals surface area contributed by atoms with E-state index >= 15 is 0 Å². The molecule has 37 heavy (non-hydrogen) atoms. The molecule has 2 atom stereocenters. The summed E-state index contributed by atoms with van der Waals surface area (Å²) in [6.45, 7) is 5.63. The molecule has 0 bridgehead atoms. The van der Waals surface area contributed by atoms with Gasteiger partial charge in [0.1, 0.15) is 6.04 Å². The number of aliphatic hydroxyl groups is 1. The molecule has 1 fully saturated rings. The van der Waals surface area contributed by atoms with Crippen molar-refractivity contribution < 1.29 is 24.7 Å². The topological polar surface area (TPSA) is 143 Å². The molecule has 0 spiro atoms. The SMILES string of the molecule is C[C@@H](O)[C@H](NC(=O)c1ccc(C#Cc2ccc(NC(=O)CNCCN3CCCC3)cc2)cc1)C(=O)NO. The Labute approximate surface area is 216 Å². The van der Waals surface area contributed by atoms with Gasteiger partial charge in [0.25, 0.3) is 11.8 Å². The van der Waals surface area contributed by atoms with Gasteiger partial charge in [0, 0.05) is 35.5 Å². The molecule has 1 aliphatic heterocycles. The fourth-order valence-corrected chi connectivity index (χ4v) is 3.84. The lowest BCUT2D eigenvalue weighted by atomic mass is 10.1. The van der Waals surface area contributed by atoms with Crippen LogP contribution in [-0.2, 0) is 9.59 Å². The molecular weight excluding hydrogens is 474 g/mol. The Balaban J connectivity index is 1.46. The lowest BCUT2D eigenvalue weighted by Crippen LogP contribution is -2.51. The fourth-order valence-electron chi connectivity index (χ4n) is 3.84. The van der Waals surface area contributed by atoms with Crippen LogP contribution in [0, 0.1) is 11.8 Å². The van der Waals surface area contributed by atoms with E-state index in [-0.39, 0.29) is 18.0 Å². The van der Waals surface area contributed by atoms with Crippen molar-refractivity contribution in [3.8, 4) is 11.8 Å². The molecular formula is C27H33N5O5. The molecule has 1 aliphatic rings. The second kappa shape index (κ2) is 14.1. The number of hydrogen-bond acceptors (Lipinski definition) is 7. The predicted octanol–water partition coefficient (Wildman–Crippen LogP) is 0.695. The predicted molar refractivity (Wildman–Crippen MR) is 139 cm³/mol. The van der Waals surface area contributed by atoms with Crippen LogP contribution in [0.2, 0.25) is 0 Å². The van der Waals surface area contributed by atoms with Crippen LogP contribution in [-0.4, -0.2) is 77.8 Å². The number of anilines is 1. The van der Waals surface area contributed by atoms with Crippen molar-refractivity contribution in [3.63, 3.8) is 0 Å². The lowest BCUT2D eigenvalue weighted by molar-refractivity contribution is -0.133. The molecule has 0 saturated carbocycles. The molecule has 10 heteroatoms. The minimum Gasteiger partial charge on any atom is -0.391 e. The van der Waals surface area contributed by atoms with Gasteiger partial charge in [-0.25, -0.2) is 5.48 Å². The van der Waals surface area contributed by atoms with Crippen molar-refractivity contribution in [2.24, 2.45) is 0 Å². The van der Waals surface area contributed by atoms with Crippen LogP contribution in [0.15, 0.2) is 48.5 Å². The van der Waals surface area contributed by atoms with Gasteiger partial charge in [0.05, 0.1) is 12.6 Å². The molecule has 6 N–H and O–H groups in total. The normalized spacial score (nSPS) is 14.7. The van der Waals surface area contributed by atoms with Gasteiger partial charge in [-0.1, -0.05) is 11.8 Å². The summed E-state index contributed by atoms with van der Waals surface area (Å²) >= 11 is 0. The maximum absolute atomic E-state index is 12.4. The summed E-state index contributed by atoms with van der Waals surface area (Å²) in [5.74, 6) is 4.46. The zero-order valence-electron chi connectivity index (χ0n) is 20.8. The van der Waals surface area contributed by atoms with Gasteiger partial charge in [-0.15, -0.1) is 0 Å². The Morgan fingerprint density at radius 3 is 2.14 bits per heavy atom. The number of likely N-dealkylation sites (tertiary alicyclic amines) is 1. The number of hydrogen-bond donors (Lipinski definition) is 6. The first-order valence-electron chi connectivity index (χ1n) is 12.2. The maximum atomic E-state index is 12.4. The summed E-state index contributed by atoms with van der Waals surface area (Å²) in [5, 5.41) is 26.8. The van der Waals surface area contributed by atoms with Crippen LogP contribution in [0.5, 0.6) is 0 Å². The van der Waals surface area contributed by atoms with Crippen LogP contribution in [0.1, 0.15) is 41.3 Å². The third-order valence-electron chi connectivity index (χ3n) is 5.92. The molecule has 1 saturated heterocycles. The highest BCUT2D eigenvalue weighted by Crippen LogP contribution is 2.10. The van der Waals surface area contributed by atoms with Crippen LogP contribution in [0.25, 0.3) is 0 Å². The van der Waals surface area contributed by atoms with E-state index in [0.717, 1.165) is 31.7 Å². The number of hydroxylamine groups is 1. The summed E-state index contributed by atoms with van der Waals surface area (Å²) in [5.41, 5.74) is 3.82. The van der Waals surface area contributed by atoms with Gasteiger partial charge < -0.3 is 26.0 Å². The number of carbonyl (C=O) groups is 3. The van der Waals surface area contributed by atoms with Crippen molar-refractivity contribution >= 4 is 23.4 Å². The quantitative estimate of drug-likeness (QED) is 0.120. The summed E-state index contributed by atoms with van der Waals surface area (Å²) in [6, 6.07) is 12.3. The molecule has 0 unspecified atom stereocenters. The van der Waals surface area contributed by atoms with E-state index in [4.69, 9.17) is 5.21 Å². The Morgan fingerprint density at radius 2 is 1.57 bits per heavy atom. The van der Waals surface area contributed by atoms with Gasteiger partial charge in [-0.05, 0) is 81.4 Å². The zero-order chi connectivity index (χ0) is 26.6. The van der Waals surface area contributed by atoms with Crippen molar-refractivity contribution in [3.05, 3.63) is 65.2 Å². The molecule has 0 aliphatic carbocycles. The van der Waals surface area contributed by atoms with E-state index in [1.54, 1.807) is 36.4 Å². The third kappa shape index (κ3) is 9.00. The number of rotatable bonds is 10. The summed E-state index contributed by atoms with van der Waals surface area (Å²) in [4.78, 5) is 38.5. The van der Waals surface area contributed by atoms with Gasteiger partial charge >= 0.3 is 0 Å². The van der Waals surface area contributed by atoms with Crippen molar-refractivity contribution in [2.75, 3.05) is 38.0 Å². The summed E-state index contributed by atoms with van der Waals surface area (Å²) in [7, 11) is 0. The van der Waals surface area contributed by atoms with Crippen molar-refractivity contribution in [1.82, 2.24) is 21.0 Å². The summed E-state index contributed by atoms with van der Waals surface area (Å²) < 4.78 is 0. The first-order chi connectivity index (χ1) is 17.9. The van der Waals surface area contributed by atoms with Crippen LogP contribution in [0.3, 0.4) is 0 Å². The highest BCUT2D eigenvalue weighted by atomic mass is 16.5. The number of carbonyl (C=O) groups excluding carboxylic acids is 3. The standard InChI is InChI=1S/C27H33N5O5/c1-19(33)25(27(36)31-37)30-26(35)22-10-6-20(7-11-22)4-5-21-8-12-23(13-9-21)29-24(34)18-28-14-17-32-15-2-3-16-32/h6-13,19,25,28,33,37H,2-3,14-18H2,1H3,(H,29,34)(H,30,35)(H,31,36)/t19-,25+/m1/s1. The molecule has 10 nitrogen and oxygen atoms in total. The second-order valence-corrected chi connectivity index (χ2v) is 8.85. The van der Waals surface area contributed by atoms with E-state index in [1.807, 2.05) is 12.1 Å². The minimum atomic E-state index is -1.29.